The number of amides is 1. The number of hydrogen-bond donors (Lipinski definition) is 1. The van der Waals surface area contributed by atoms with E-state index in [0.717, 1.165) is 22.5 Å². The zero-order chi connectivity index (χ0) is 19.0. The normalized spacial score (nSPS) is 10.9. The molecule has 0 fully saturated rings. The lowest BCUT2D eigenvalue weighted by Crippen LogP contribution is -2.17. The number of fused-ring (bicyclic) bond motifs is 1. The molecular formula is C20H18N6O. The number of carbonyl (C=O) groups excluding carboxylic acids is 1. The molecule has 0 spiro atoms. The molecular weight excluding hydrogens is 340 g/mol. The summed E-state index contributed by atoms with van der Waals surface area (Å²) in [6.45, 7) is 5.66. The van der Waals surface area contributed by atoms with E-state index in [9.17, 15) is 4.79 Å². The van der Waals surface area contributed by atoms with Gasteiger partial charge in [-0.15, -0.1) is 5.10 Å². The molecule has 0 atom stereocenters. The summed E-state index contributed by atoms with van der Waals surface area (Å²) in [5.74, 6) is 0.0573. The SMILES string of the molecule is Cc1cccc(-c2ccc3nc(C)c(C(=O)Nc4ccc(C)nn4)n3n2)c1. The number of nitrogens with zero attached hydrogens (tertiary/aromatic N) is 5. The van der Waals surface area contributed by atoms with Gasteiger partial charge in [-0.05, 0) is 51.1 Å². The molecule has 3 aromatic heterocycles. The molecule has 0 aliphatic carbocycles. The van der Waals surface area contributed by atoms with E-state index in [1.165, 1.54) is 0 Å². The Balaban J connectivity index is 1.75. The number of nitrogens with one attached hydrogen (secondary N) is 1. The highest BCUT2D eigenvalue weighted by Gasteiger charge is 2.19. The molecule has 0 saturated heterocycles. The highest BCUT2D eigenvalue weighted by atomic mass is 16.2. The second kappa shape index (κ2) is 6.60. The smallest absolute Gasteiger partial charge is 0.277 e. The molecule has 0 aliphatic rings. The molecule has 0 aliphatic heterocycles. The second-order valence-corrected chi connectivity index (χ2v) is 6.42. The van der Waals surface area contributed by atoms with Crippen LogP contribution >= 0.6 is 0 Å². The molecule has 1 amide bonds. The Bertz CT molecular complexity index is 1150. The molecule has 0 saturated carbocycles. The fourth-order valence-electron chi connectivity index (χ4n) is 2.90. The van der Waals surface area contributed by atoms with Crippen molar-refractivity contribution in [2.45, 2.75) is 20.8 Å². The van der Waals surface area contributed by atoms with Crippen LogP contribution in [-0.2, 0) is 0 Å². The van der Waals surface area contributed by atoms with Crippen LogP contribution in [0.3, 0.4) is 0 Å². The first-order valence-electron chi connectivity index (χ1n) is 8.56. The largest absolute Gasteiger partial charge is 0.304 e. The fourth-order valence-corrected chi connectivity index (χ4v) is 2.90. The number of hydrogen-bond acceptors (Lipinski definition) is 5. The van der Waals surface area contributed by atoms with Crippen LogP contribution in [0.4, 0.5) is 5.82 Å². The third-order valence-electron chi connectivity index (χ3n) is 4.22. The van der Waals surface area contributed by atoms with E-state index in [-0.39, 0.29) is 5.91 Å². The number of rotatable bonds is 3. The molecule has 1 aromatic carbocycles. The first-order valence-corrected chi connectivity index (χ1v) is 8.56. The maximum Gasteiger partial charge on any atom is 0.277 e. The van der Waals surface area contributed by atoms with Crippen LogP contribution in [-0.4, -0.2) is 30.7 Å². The van der Waals surface area contributed by atoms with E-state index >= 15 is 0 Å². The summed E-state index contributed by atoms with van der Waals surface area (Å²) in [7, 11) is 0. The van der Waals surface area contributed by atoms with Crippen molar-refractivity contribution in [3.8, 4) is 11.3 Å². The molecule has 0 bridgehead atoms. The van der Waals surface area contributed by atoms with Crippen LogP contribution in [0.25, 0.3) is 16.9 Å². The highest BCUT2D eigenvalue weighted by molar-refractivity contribution is 6.03. The number of aryl methyl sites for hydroxylation is 3. The Morgan fingerprint density at radius 3 is 2.59 bits per heavy atom. The van der Waals surface area contributed by atoms with Gasteiger partial charge in [0, 0.05) is 5.56 Å². The summed E-state index contributed by atoms with van der Waals surface area (Å²) in [6, 6.07) is 15.3. The van der Waals surface area contributed by atoms with Gasteiger partial charge in [0.15, 0.2) is 17.2 Å². The Kier molecular flexibility index (Phi) is 4.12. The lowest BCUT2D eigenvalue weighted by molar-refractivity contribution is 0.101. The summed E-state index contributed by atoms with van der Waals surface area (Å²) in [5, 5.41) is 15.3. The maximum atomic E-state index is 12.8. The van der Waals surface area contributed by atoms with E-state index in [2.05, 4.69) is 31.7 Å². The van der Waals surface area contributed by atoms with Crippen molar-refractivity contribution in [3.63, 3.8) is 0 Å². The van der Waals surface area contributed by atoms with Crippen molar-refractivity contribution in [2.24, 2.45) is 0 Å². The summed E-state index contributed by atoms with van der Waals surface area (Å²) < 4.78 is 1.57. The van der Waals surface area contributed by atoms with Gasteiger partial charge in [0.2, 0.25) is 0 Å². The predicted molar refractivity (Wildman–Crippen MR) is 103 cm³/mol. The zero-order valence-electron chi connectivity index (χ0n) is 15.3. The Hall–Kier alpha value is -3.61. The van der Waals surface area contributed by atoms with Crippen molar-refractivity contribution in [1.29, 1.82) is 0 Å². The quantitative estimate of drug-likeness (QED) is 0.607. The molecule has 4 aromatic rings. The van der Waals surface area contributed by atoms with Gasteiger partial charge in [0.05, 0.1) is 17.1 Å². The highest BCUT2D eigenvalue weighted by Crippen LogP contribution is 2.20. The lowest BCUT2D eigenvalue weighted by atomic mass is 10.1. The number of anilines is 1. The van der Waals surface area contributed by atoms with Crippen LogP contribution in [0.15, 0.2) is 48.5 Å². The third kappa shape index (κ3) is 3.27. The molecule has 7 nitrogen and oxygen atoms in total. The minimum Gasteiger partial charge on any atom is -0.304 e. The first-order chi connectivity index (χ1) is 13.0. The third-order valence-corrected chi connectivity index (χ3v) is 4.22. The summed E-state index contributed by atoms with van der Waals surface area (Å²) in [5.41, 5.74) is 5.27. The van der Waals surface area contributed by atoms with Gasteiger partial charge >= 0.3 is 0 Å². The Morgan fingerprint density at radius 2 is 1.85 bits per heavy atom. The monoisotopic (exact) mass is 358 g/mol. The average molecular weight is 358 g/mol. The molecule has 4 rings (SSSR count). The molecule has 7 heteroatoms. The first kappa shape index (κ1) is 16.8. The minimum atomic E-state index is -0.327. The van der Waals surface area contributed by atoms with Gasteiger partial charge < -0.3 is 5.32 Å². The minimum absolute atomic E-state index is 0.327. The Labute approximate surface area is 156 Å². The molecule has 0 unspecified atom stereocenters. The molecule has 0 radical (unpaired) electrons. The predicted octanol–water partition coefficient (Wildman–Crippen LogP) is 3.36. The van der Waals surface area contributed by atoms with E-state index in [4.69, 9.17) is 0 Å². The maximum absolute atomic E-state index is 12.8. The van der Waals surface area contributed by atoms with Gasteiger partial charge in [0.1, 0.15) is 0 Å². The van der Waals surface area contributed by atoms with Crippen molar-refractivity contribution in [1.82, 2.24) is 24.8 Å². The van der Waals surface area contributed by atoms with Crippen molar-refractivity contribution in [3.05, 3.63) is 71.2 Å². The van der Waals surface area contributed by atoms with Crippen LogP contribution in [0.5, 0.6) is 0 Å². The fraction of sp³-hybridized carbons (Fsp3) is 0.150. The average Bonchev–Trinajstić information content (AvgIpc) is 2.98. The lowest BCUT2D eigenvalue weighted by Gasteiger charge is -2.06. The van der Waals surface area contributed by atoms with Gasteiger partial charge in [-0.2, -0.15) is 10.2 Å². The van der Waals surface area contributed by atoms with Crippen LogP contribution in [0.2, 0.25) is 0 Å². The van der Waals surface area contributed by atoms with Crippen molar-refractivity contribution in [2.75, 3.05) is 5.32 Å². The number of aromatic nitrogens is 5. The number of benzene rings is 1. The van der Waals surface area contributed by atoms with Crippen molar-refractivity contribution >= 4 is 17.4 Å². The molecule has 27 heavy (non-hydrogen) atoms. The van der Waals surface area contributed by atoms with Gasteiger partial charge in [0.25, 0.3) is 5.91 Å². The van der Waals surface area contributed by atoms with E-state index in [1.807, 2.05) is 44.2 Å². The molecule has 3 heterocycles. The molecule has 134 valence electrons. The molecule has 1 N–H and O–H groups in total. The van der Waals surface area contributed by atoms with E-state index in [0.29, 0.717) is 22.9 Å². The summed E-state index contributed by atoms with van der Waals surface area (Å²) in [4.78, 5) is 17.3. The zero-order valence-corrected chi connectivity index (χ0v) is 15.3. The van der Waals surface area contributed by atoms with Gasteiger partial charge in [-0.3, -0.25) is 4.79 Å². The number of imidazole rings is 1. The Morgan fingerprint density at radius 1 is 1.00 bits per heavy atom. The van der Waals surface area contributed by atoms with Crippen LogP contribution < -0.4 is 5.32 Å². The van der Waals surface area contributed by atoms with Gasteiger partial charge in [-0.1, -0.05) is 23.8 Å². The van der Waals surface area contributed by atoms with Crippen molar-refractivity contribution < 1.29 is 4.79 Å². The topological polar surface area (TPSA) is 85.1 Å². The summed E-state index contributed by atoms with van der Waals surface area (Å²) >= 11 is 0. The van der Waals surface area contributed by atoms with E-state index < -0.39 is 0 Å². The van der Waals surface area contributed by atoms with E-state index in [1.54, 1.807) is 23.6 Å². The second-order valence-electron chi connectivity index (χ2n) is 6.42. The number of carbonyl (C=O) groups is 1. The summed E-state index contributed by atoms with van der Waals surface area (Å²) in [6.07, 6.45) is 0. The van der Waals surface area contributed by atoms with Crippen LogP contribution in [0.1, 0.15) is 27.4 Å². The van der Waals surface area contributed by atoms with Crippen LogP contribution in [0, 0.1) is 20.8 Å². The standard InChI is InChI=1S/C20H18N6O/c1-12-5-4-6-15(11-12)16-8-10-18-21-14(3)19(26(18)25-16)20(27)22-17-9-7-13(2)23-24-17/h4-11H,1-3H3,(H,22,24,27). The van der Waals surface area contributed by atoms with Gasteiger partial charge in [-0.25, -0.2) is 9.50 Å².